The molecule has 0 saturated heterocycles. The predicted molar refractivity (Wildman–Crippen MR) is 160 cm³/mol. The summed E-state index contributed by atoms with van der Waals surface area (Å²) in [6.45, 7) is 16.0. The quantitative estimate of drug-likeness (QED) is 0.0688. The molecule has 0 aliphatic heterocycles. The minimum atomic E-state index is -4.52. The number of fused-ring (bicyclic) bond motifs is 3. The zero-order chi connectivity index (χ0) is 32.7. The van der Waals surface area contributed by atoms with Crippen molar-refractivity contribution in [2.45, 2.75) is 128 Å². The number of alkyl halides is 2. The molecule has 0 amide bonds. The van der Waals surface area contributed by atoms with E-state index in [1.165, 1.54) is 30.2 Å². The summed E-state index contributed by atoms with van der Waals surface area (Å²) >= 11 is 0. The van der Waals surface area contributed by atoms with Gasteiger partial charge in [0, 0.05) is 22.8 Å². The first kappa shape index (κ1) is 35.6. The van der Waals surface area contributed by atoms with E-state index in [0.29, 0.717) is 12.5 Å². The van der Waals surface area contributed by atoms with E-state index in [-0.39, 0.29) is 5.54 Å². The third-order valence-electron chi connectivity index (χ3n) is 9.99. The highest BCUT2D eigenvalue weighted by atomic mass is 28.4. The summed E-state index contributed by atoms with van der Waals surface area (Å²) < 4.78 is 126. The molecule has 1 radical (unpaired) electrons. The van der Waals surface area contributed by atoms with Gasteiger partial charge >= 0.3 is 5.92 Å². The van der Waals surface area contributed by atoms with E-state index in [9.17, 15) is 13.2 Å². The Morgan fingerprint density at radius 1 is 0.721 bits per heavy atom. The van der Waals surface area contributed by atoms with Crippen molar-refractivity contribution in [1.29, 1.82) is 0 Å². The summed E-state index contributed by atoms with van der Waals surface area (Å²) in [7, 11) is -4.54. The van der Waals surface area contributed by atoms with Gasteiger partial charge in [0.25, 0.3) is 8.32 Å². The van der Waals surface area contributed by atoms with Gasteiger partial charge in [-0.2, -0.15) is 13.2 Å². The molecule has 1 unspecified atom stereocenters. The molecule has 241 valence electrons. The molecule has 1 atom stereocenters. The number of hydrogen-bond acceptors (Lipinski definition) is 1. The third-order valence-corrected chi connectivity index (χ3v) is 22.0. The van der Waals surface area contributed by atoms with Crippen LogP contribution in [0.15, 0.2) is 0 Å². The highest BCUT2D eigenvalue weighted by Gasteiger charge is 2.55. The van der Waals surface area contributed by atoms with E-state index in [2.05, 4.69) is 20.8 Å². The number of hydrogen-bond donors (Lipinski definition) is 0. The molecule has 11 heteroatoms. The lowest BCUT2D eigenvalue weighted by Gasteiger charge is -2.45. The smallest absolute Gasteiger partial charge is 0.303 e. The van der Waals surface area contributed by atoms with Gasteiger partial charge in [-0.3, -0.25) is 0 Å². The Kier molecular flexibility index (Phi) is 10.6. The van der Waals surface area contributed by atoms with Gasteiger partial charge in [0.05, 0.1) is 13.6 Å². The summed E-state index contributed by atoms with van der Waals surface area (Å²) in [5.74, 6) is -18.1. The Morgan fingerprint density at radius 2 is 1.23 bits per heavy atom. The maximum atomic E-state index is 16.0. The first-order chi connectivity index (χ1) is 19.9. The second kappa shape index (κ2) is 12.8. The van der Waals surface area contributed by atoms with Crippen molar-refractivity contribution < 1.29 is 39.5 Å². The predicted octanol–water partition coefficient (Wildman–Crippen LogP) is 12.0. The molecule has 3 rings (SSSR count). The molecule has 0 spiro atoms. The SMILES string of the molecule is CC[Si](CC)(CC)CCCCCC[Si](Oc1c(F)c(F)c2c(c1F)C(F)(F)c1[c]c(F)c(F)c(F)c1-2)(C(C)C)C(C)(C)C. The lowest BCUT2D eigenvalue weighted by molar-refractivity contribution is 0.0425. The van der Waals surface area contributed by atoms with E-state index in [4.69, 9.17) is 4.43 Å². The van der Waals surface area contributed by atoms with Gasteiger partial charge in [0.15, 0.2) is 34.8 Å². The van der Waals surface area contributed by atoms with Crippen LogP contribution in [0.3, 0.4) is 0 Å². The Hall–Kier alpha value is -1.89. The topological polar surface area (TPSA) is 9.23 Å². The van der Waals surface area contributed by atoms with Crippen LogP contribution in [0.2, 0.25) is 40.8 Å². The lowest BCUT2D eigenvalue weighted by Crippen LogP contribution is -2.53. The van der Waals surface area contributed by atoms with Crippen molar-refractivity contribution in [3.05, 3.63) is 52.1 Å². The number of rotatable bonds is 13. The Bertz CT molecular complexity index is 1330. The van der Waals surface area contributed by atoms with Crippen LogP contribution in [0.4, 0.5) is 35.1 Å². The fourth-order valence-electron chi connectivity index (χ4n) is 6.95. The Labute approximate surface area is 252 Å². The minimum Gasteiger partial charge on any atom is -0.539 e. The Morgan fingerprint density at radius 3 is 1.72 bits per heavy atom. The van der Waals surface area contributed by atoms with Gasteiger partial charge in [-0.15, -0.1) is 0 Å². The monoisotopic (exact) mass is 651 g/mol. The molecule has 1 aliphatic rings. The molecule has 2 aromatic carbocycles. The van der Waals surface area contributed by atoms with Crippen LogP contribution in [0.25, 0.3) is 11.1 Å². The summed E-state index contributed by atoms with van der Waals surface area (Å²) in [5, 5.41) is -0.651. The van der Waals surface area contributed by atoms with Crippen molar-refractivity contribution in [3.8, 4) is 16.9 Å². The molecule has 0 bridgehead atoms. The first-order valence-corrected chi connectivity index (χ1v) is 20.3. The van der Waals surface area contributed by atoms with Crippen LogP contribution in [0.5, 0.6) is 5.75 Å². The molecule has 1 nitrogen and oxygen atoms in total. The van der Waals surface area contributed by atoms with Crippen LogP contribution < -0.4 is 4.43 Å². The van der Waals surface area contributed by atoms with Crippen LogP contribution in [-0.2, 0) is 5.92 Å². The van der Waals surface area contributed by atoms with E-state index < -0.39 is 90.3 Å². The van der Waals surface area contributed by atoms with Gasteiger partial charge in [0.2, 0.25) is 5.82 Å². The van der Waals surface area contributed by atoms with Gasteiger partial charge in [-0.1, -0.05) is 105 Å². The molecule has 0 aromatic heterocycles. The van der Waals surface area contributed by atoms with Crippen LogP contribution >= 0.6 is 0 Å². The summed E-state index contributed by atoms with van der Waals surface area (Å²) in [6, 6.07) is 6.79. The fourth-order valence-corrected chi connectivity index (χ4v) is 15.5. The molecule has 1 aliphatic carbocycles. The minimum absolute atomic E-state index is 0.255. The number of unbranched alkanes of at least 4 members (excludes halogenated alkanes) is 3. The standard InChI is InChI=1S/C32H43F8OSi2/c1-9-42(10-2,11-3)16-14-12-13-15-17-43(19(4)5,31(6,7)8)41-30-28(37)24-23(27(36)29(30)38)22-20(32(24,39)40)18-21(33)25(34)26(22)35/h19H,9-17H2,1-8H3. The largest absolute Gasteiger partial charge is 0.539 e. The summed E-state index contributed by atoms with van der Waals surface area (Å²) in [4.78, 5) is 0. The highest BCUT2D eigenvalue weighted by molar-refractivity contribution is 6.79. The van der Waals surface area contributed by atoms with Gasteiger partial charge < -0.3 is 4.43 Å². The van der Waals surface area contributed by atoms with E-state index in [1.54, 1.807) is 0 Å². The lowest BCUT2D eigenvalue weighted by atomic mass is 10.0. The van der Waals surface area contributed by atoms with E-state index in [1.807, 2.05) is 34.6 Å². The maximum absolute atomic E-state index is 16.0. The molecule has 0 heterocycles. The molecular formula is C32H43F8OSi2. The van der Waals surface area contributed by atoms with Crippen LogP contribution in [-0.4, -0.2) is 16.4 Å². The van der Waals surface area contributed by atoms with E-state index in [0.717, 1.165) is 19.3 Å². The van der Waals surface area contributed by atoms with Crippen molar-refractivity contribution in [1.82, 2.24) is 0 Å². The van der Waals surface area contributed by atoms with Crippen molar-refractivity contribution in [3.63, 3.8) is 0 Å². The average Bonchev–Trinajstić information content (AvgIpc) is 3.17. The third kappa shape index (κ3) is 6.05. The molecule has 0 N–H and O–H groups in total. The second-order valence-electron chi connectivity index (χ2n) is 13.3. The van der Waals surface area contributed by atoms with Crippen LogP contribution in [0, 0.1) is 41.0 Å². The zero-order valence-corrected chi connectivity index (χ0v) is 28.4. The number of halogens is 8. The number of benzene rings is 2. The highest BCUT2D eigenvalue weighted by Crippen LogP contribution is 2.57. The molecular weight excluding hydrogens is 609 g/mol. The molecule has 2 aromatic rings. The van der Waals surface area contributed by atoms with Crippen LogP contribution in [0.1, 0.15) is 92.2 Å². The maximum Gasteiger partial charge on any atom is 0.303 e. The molecule has 43 heavy (non-hydrogen) atoms. The summed E-state index contributed by atoms with van der Waals surface area (Å²) in [5.41, 5.74) is -6.52. The van der Waals surface area contributed by atoms with Gasteiger partial charge in [-0.05, 0) is 16.6 Å². The zero-order valence-electron chi connectivity index (χ0n) is 26.4. The first-order valence-electron chi connectivity index (χ1n) is 15.3. The normalized spacial score (nSPS) is 15.9. The van der Waals surface area contributed by atoms with Crippen molar-refractivity contribution >= 4 is 16.4 Å². The van der Waals surface area contributed by atoms with Gasteiger partial charge in [-0.25, -0.2) is 22.0 Å². The van der Waals surface area contributed by atoms with Gasteiger partial charge in [0.1, 0.15) is 0 Å². The second-order valence-corrected chi connectivity index (χ2v) is 24.0. The molecule has 0 saturated carbocycles. The fraction of sp³-hybridized carbons (Fsp3) is 0.625. The average molecular weight is 652 g/mol. The molecule has 0 fully saturated rings. The van der Waals surface area contributed by atoms with Crippen molar-refractivity contribution in [2.75, 3.05) is 0 Å². The summed E-state index contributed by atoms with van der Waals surface area (Å²) in [6.07, 6.45) is 3.61. The van der Waals surface area contributed by atoms with Crippen molar-refractivity contribution in [2.24, 2.45) is 0 Å². The van der Waals surface area contributed by atoms with E-state index >= 15 is 22.0 Å². The Balaban J connectivity index is 2.01.